The Labute approximate surface area is 198 Å². The summed E-state index contributed by atoms with van der Waals surface area (Å²) in [7, 11) is 3.15. The highest BCUT2D eigenvalue weighted by atomic mass is 16.5. The molecule has 1 aliphatic rings. The number of likely N-dealkylation sites (tertiary alicyclic amines) is 1. The molecule has 1 saturated heterocycles. The first kappa shape index (κ1) is 23.2. The minimum atomic E-state index is -0.889. The molecule has 0 aliphatic carbocycles. The topological polar surface area (TPSA) is 93.7 Å². The van der Waals surface area contributed by atoms with Crippen LogP contribution in [-0.2, 0) is 16.8 Å². The molecular formula is C26H28N4O4. The van der Waals surface area contributed by atoms with E-state index in [1.165, 1.54) is 7.11 Å². The molecule has 2 amide bonds. The van der Waals surface area contributed by atoms with Gasteiger partial charge in [-0.1, -0.05) is 12.1 Å². The molecular weight excluding hydrogens is 432 g/mol. The first-order valence-electron chi connectivity index (χ1n) is 11.2. The molecule has 8 heteroatoms. The molecule has 2 aromatic heterocycles. The molecule has 34 heavy (non-hydrogen) atoms. The number of aromatic nitrogens is 2. The predicted octanol–water partition coefficient (Wildman–Crippen LogP) is 2.98. The standard InChI is InChI=1S/C26H28N4O4/c1-27-25(32)26(23-9-4-6-14-29-23)12-7-15-30(18-26)24(31)19-10-11-21(22(16-19)33-2)34-17-20-8-3-5-13-28-20/h3-6,8-11,13-14,16H,7,12,15,17-18H2,1-2H3,(H,27,32). The van der Waals surface area contributed by atoms with Gasteiger partial charge in [-0.15, -0.1) is 0 Å². The monoisotopic (exact) mass is 460 g/mol. The van der Waals surface area contributed by atoms with Gasteiger partial charge < -0.3 is 19.7 Å². The van der Waals surface area contributed by atoms with Gasteiger partial charge in [-0.05, 0) is 55.3 Å². The van der Waals surface area contributed by atoms with Crippen molar-refractivity contribution >= 4 is 11.8 Å². The van der Waals surface area contributed by atoms with Gasteiger partial charge in [0.25, 0.3) is 5.91 Å². The van der Waals surface area contributed by atoms with E-state index in [0.717, 1.165) is 5.69 Å². The fraction of sp³-hybridized carbons (Fsp3) is 0.308. The number of pyridine rings is 2. The number of amides is 2. The zero-order chi connectivity index (χ0) is 24.0. The minimum Gasteiger partial charge on any atom is -0.493 e. The van der Waals surface area contributed by atoms with Crippen molar-refractivity contribution in [3.63, 3.8) is 0 Å². The molecule has 1 unspecified atom stereocenters. The molecule has 0 saturated carbocycles. The third-order valence-corrected chi connectivity index (χ3v) is 6.11. The molecule has 3 heterocycles. The van der Waals surface area contributed by atoms with E-state index in [4.69, 9.17) is 9.47 Å². The Balaban J connectivity index is 1.55. The predicted molar refractivity (Wildman–Crippen MR) is 127 cm³/mol. The summed E-state index contributed by atoms with van der Waals surface area (Å²) in [5.74, 6) is 0.677. The highest BCUT2D eigenvalue weighted by molar-refractivity contribution is 5.96. The maximum atomic E-state index is 13.5. The van der Waals surface area contributed by atoms with Crippen LogP contribution < -0.4 is 14.8 Å². The number of ether oxygens (including phenoxy) is 2. The molecule has 1 aliphatic heterocycles. The Bertz CT molecular complexity index is 1140. The summed E-state index contributed by atoms with van der Waals surface area (Å²) in [4.78, 5) is 36.9. The number of piperidine rings is 1. The average Bonchev–Trinajstić information content (AvgIpc) is 2.92. The highest BCUT2D eigenvalue weighted by Gasteiger charge is 2.45. The zero-order valence-electron chi connectivity index (χ0n) is 19.4. The molecule has 1 atom stereocenters. The number of benzene rings is 1. The van der Waals surface area contributed by atoms with E-state index >= 15 is 0 Å². The van der Waals surface area contributed by atoms with Crippen LogP contribution in [-0.4, -0.2) is 53.9 Å². The van der Waals surface area contributed by atoms with E-state index in [9.17, 15) is 9.59 Å². The molecule has 176 valence electrons. The van der Waals surface area contributed by atoms with Crippen LogP contribution in [0.1, 0.15) is 34.6 Å². The van der Waals surface area contributed by atoms with Gasteiger partial charge in [-0.25, -0.2) is 0 Å². The van der Waals surface area contributed by atoms with Crippen LogP contribution in [0.15, 0.2) is 67.0 Å². The third-order valence-electron chi connectivity index (χ3n) is 6.11. The molecule has 1 N–H and O–H groups in total. The molecule has 1 aromatic carbocycles. The first-order valence-corrected chi connectivity index (χ1v) is 11.2. The van der Waals surface area contributed by atoms with Crippen molar-refractivity contribution in [1.82, 2.24) is 20.2 Å². The number of carbonyl (C=O) groups is 2. The van der Waals surface area contributed by atoms with Crippen molar-refractivity contribution in [1.29, 1.82) is 0 Å². The maximum Gasteiger partial charge on any atom is 0.254 e. The van der Waals surface area contributed by atoms with E-state index in [1.54, 1.807) is 42.5 Å². The van der Waals surface area contributed by atoms with Crippen LogP contribution in [0.25, 0.3) is 0 Å². The van der Waals surface area contributed by atoms with Gasteiger partial charge in [-0.2, -0.15) is 0 Å². The van der Waals surface area contributed by atoms with Crippen molar-refractivity contribution in [2.75, 3.05) is 27.2 Å². The third kappa shape index (κ3) is 4.71. The lowest BCUT2D eigenvalue weighted by Crippen LogP contribution is -2.56. The van der Waals surface area contributed by atoms with Gasteiger partial charge in [0.1, 0.15) is 12.0 Å². The molecule has 8 nitrogen and oxygen atoms in total. The summed E-state index contributed by atoms with van der Waals surface area (Å²) < 4.78 is 11.3. The number of nitrogens with one attached hydrogen (secondary N) is 1. The zero-order valence-corrected chi connectivity index (χ0v) is 19.4. The Kier molecular flexibility index (Phi) is 7.06. The van der Waals surface area contributed by atoms with Gasteiger partial charge >= 0.3 is 0 Å². The fourth-order valence-corrected chi connectivity index (χ4v) is 4.36. The Morgan fingerprint density at radius 1 is 1.06 bits per heavy atom. The number of methoxy groups -OCH3 is 1. The Hall–Kier alpha value is -3.94. The van der Waals surface area contributed by atoms with Gasteiger partial charge in [0, 0.05) is 38.1 Å². The second-order valence-electron chi connectivity index (χ2n) is 8.18. The molecule has 0 spiro atoms. The molecule has 0 radical (unpaired) electrons. The fourth-order valence-electron chi connectivity index (χ4n) is 4.36. The van der Waals surface area contributed by atoms with E-state index in [1.807, 2.05) is 36.4 Å². The van der Waals surface area contributed by atoms with E-state index < -0.39 is 5.41 Å². The molecule has 1 fully saturated rings. The van der Waals surface area contributed by atoms with Crippen molar-refractivity contribution in [3.05, 3.63) is 83.9 Å². The van der Waals surface area contributed by atoms with Gasteiger partial charge in [0.2, 0.25) is 5.91 Å². The number of carbonyl (C=O) groups excluding carboxylic acids is 2. The number of hydrogen-bond donors (Lipinski definition) is 1. The van der Waals surface area contributed by atoms with Gasteiger partial charge in [0.15, 0.2) is 11.5 Å². The number of hydrogen-bond acceptors (Lipinski definition) is 6. The van der Waals surface area contributed by atoms with Crippen LogP contribution in [0.2, 0.25) is 0 Å². The second-order valence-corrected chi connectivity index (χ2v) is 8.18. The van der Waals surface area contributed by atoms with Crippen LogP contribution in [0.3, 0.4) is 0 Å². The largest absolute Gasteiger partial charge is 0.493 e. The summed E-state index contributed by atoms with van der Waals surface area (Å²) in [6.45, 7) is 1.10. The quantitative estimate of drug-likeness (QED) is 0.583. The summed E-state index contributed by atoms with van der Waals surface area (Å²) >= 11 is 0. The van der Waals surface area contributed by atoms with Crippen molar-refractivity contribution < 1.29 is 19.1 Å². The normalized spacial score (nSPS) is 17.6. The Morgan fingerprint density at radius 2 is 1.85 bits per heavy atom. The summed E-state index contributed by atoms with van der Waals surface area (Å²) in [6, 6.07) is 16.3. The smallest absolute Gasteiger partial charge is 0.254 e. The van der Waals surface area contributed by atoms with E-state index in [0.29, 0.717) is 42.1 Å². The van der Waals surface area contributed by atoms with Gasteiger partial charge in [0.05, 0.1) is 18.5 Å². The highest BCUT2D eigenvalue weighted by Crippen LogP contribution is 2.35. The summed E-state index contributed by atoms with van der Waals surface area (Å²) in [5.41, 5.74) is 1.04. The molecule has 4 rings (SSSR count). The van der Waals surface area contributed by atoms with Crippen LogP contribution in [0.4, 0.5) is 0 Å². The van der Waals surface area contributed by atoms with Crippen LogP contribution in [0.5, 0.6) is 11.5 Å². The van der Waals surface area contributed by atoms with Crippen LogP contribution in [0, 0.1) is 0 Å². The SMILES string of the molecule is CNC(=O)C1(c2ccccn2)CCCN(C(=O)c2ccc(OCc3ccccn3)c(OC)c2)C1. The van der Waals surface area contributed by atoms with Crippen molar-refractivity contribution in [3.8, 4) is 11.5 Å². The number of rotatable bonds is 7. The molecule has 3 aromatic rings. The van der Waals surface area contributed by atoms with Crippen molar-refractivity contribution in [2.45, 2.75) is 24.9 Å². The van der Waals surface area contributed by atoms with Crippen LogP contribution >= 0.6 is 0 Å². The second kappa shape index (κ2) is 10.3. The molecule has 0 bridgehead atoms. The average molecular weight is 461 g/mol. The van der Waals surface area contributed by atoms with E-state index in [-0.39, 0.29) is 25.0 Å². The summed E-state index contributed by atoms with van der Waals surface area (Å²) in [6.07, 6.45) is 4.70. The maximum absolute atomic E-state index is 13.5. The van der Waals surface area contributed by atoms with Gasteiger partial charge in [-0.3, -0.25) is 19.6 Å². The lowest BCUT2D eigenvalue weighted by atomic mass is 9.75. The summed E-state index contributed by atoms with van der Waals surface area (Å²) in [5, 5.41) is 2.77. The lowest BCUT2D eigenvalue weighted by molar-refractivity contribution is -0.128. The number of likely N-dealkylation sites (N-methyl/N-ethyl adjacent to an activating group) is 1. The first-order chi connectivity index (χ1) is 16.6. The van der Waals surface area contributed by atoms with Crippen molar-refractivity contribution in [2.24, 2.45) is 0 Å². The lowest BCUT2D eigenvalue weighted by Gasteiger charge is -2.41. The Morgan fingerprint density at radius 3 is 2.53 bits per heavy atom. The number of nitrogens with zero attached hydrogens (tertiary/aromatic N) is 3. The van der Waals surface area contributed by atoms with E-state index in [2.05, 4.69) is 15.3 Å². The minimum absolute atomic E-state index is 0.139.